The van der Waals surface area contributed by atoms with Crippen molar-refractivity contribution in [3.63, 3.8) is 0 Å². The number of amides is 1. The molecule has 148 valence electrons. The molecule has 26 heavy (non-hydrogen) atoms. The van der Waals surface area contributed by atoms with Gasteiger partial charge in [0.1, 0.15) is 11.2 Å². The van der Waals surface area contributed by atoms with Crippen LogP contribution in [-0.4, -0.2) is 58.1 Å². The van der Waals surface area contributed by atoms with Gasteiger partial charge in [0.2, 0.25) is 5.91 Å². The minimum absolute atomic E-state index is 0.000500. The van der Waals surface area contributed by atoms with Crippen molar-refractivity contribution in [2.45, 2.75) is 65.6 Å². The number of nitrogens with zero attached hydrogens (tertiary/aromatic N) is 1. The number of carboxylic acids is 1. The Morgan fingerprint density at radius 1 is 0.808 bits per heavy atom. The van der Waals surface area contributed by atoms with Crippen LogP contribution in [0.1, 0.15) is 54.4 Å². The van der Waals surface area contributed by atoms with Crippen molar-refractivity contribution in [1.29, 1.82) is 0 Å². The summed E-state index contributed by atoms with van der Waals surface area (Å²) in [6.07, 6.45) is 1.44. The summed E-state index contributed by atoms with van der Waals surface area (Å²) < 4.78 is 10.4. The topological polar surface area (TPSA) is 110 Å². The molecule has 0 unspecified atom stereocenters. The Bertz CT molecular complexity index is 521. The first-order valence-corrected chi connectivity index (χ1v) is 8.33. The molecule has 8 nitrogen and oxygen atoms in total. The molecule has 0 heterocycles. The van der Waals surface area contributed by atoms with Crippen molar-refractivity contribution in [3.05, 3.63) is 12.2 Å². The smallest absolute Gasteiger partial charge is 0.328 e. The van der Waals surface area contributed by atoms with Crippen molar-refractivity contribution < 1.29 is 33.8 Å². The maximum Gasteiger partial charge on any atom is 0.328 e. The van der Waals surface area contributed by atoms with Crippen molar-refractivity contribution in [3.8, 4) is 0 Å². The van der Waals surface area contributed by atoms with E-state index >= 15 is 0 Å². The second-order valence-electron chi connectivity index (χ2n) is 7.67. The minimum atomic E-state index is -1.27. The average Bonchev–Trinajstić information content (AvgIpc) is 2.40. The molecule has 1 N–H and O–H groups in total. The van der Waals surface area contributed by atoms with Crippen LogP contribution in [0.4, 0.5) is 0 Å². The van der Waals surface area contributed by atoms with E-state index in [1.807, 2.05) is 0 Å². The van der Waals surface area contributed by atoms with Gasteiger partial charge in [0, 0.05) is 25.2 Å². The van der Waals surface area contributed by atoms with E-state index in [0.29, 0.717) is 6.08 Å². The highest BCUT2D eigenvalue weighted by Crippen LogP contribution is 2.11. The van der Waals surface area contributed by atoms with E-state index in [-0.39, 0.29) is 25.9 Å². The van der Waals surface area contributed by atoms with E-state index in [9.17, 15) is 19.2 Å². The van der Waals surface area contributed by atoms with E-state index in [1.165, 1.54) is 4.90 Å². The van der Waals surface area contributed by atoms with Gasteiger partial charge >= 0.3 is 17.9 Å². The molecule has 0 radical (unpaired) electrons. The highest BCUT2D eigenvalue weighted by molar-refractivity contribution is 5.94. The Kier molecular flexibility index (Phi) is 9.03. The lowest BCUT2D eigenvalue weighted by Gasteiger charge is -2.24. The highest BCUT2D eigenvalue weighted by Gasteiger charge is 2.21. The molecule has 0 saturated heterocycles. The molecule has 0 fully saturated rings. The van der Waals surface area contributed by atoms with Crippen LogP contribution < -0.4 is 0 Å². The third kappa shape index (κ3) is 13.0. The Balaban J connectivity index is 4.85. The quantitative estimate of drug-likeness (QED) is 0.512. The normalized spacial score (nSPS) is 11.9. The number of esters is 2. The molecule has 0 aliphatic rings. The predicted molar refractivity (Wildman–Crippen MR) is 94.3 cm³/mol. The Morgan fingerprint density at radius 2 is 1.19 bits per heavy atom. The van der Waals surface area contributed by atoms with Gasteiger partial charge in [0.15, 0.2) is 0 Å². The maximum absolute atomic E-state index is 12.1. The van der Waals surface area contributed by atoms with Gasteiger partial charge < -0.3 is 19.5 Å². The lowest BCUT2D eigenvalue weighted by Crippen LogP contribution is -2.36. The first-order chi connectivity index (χ1) is 11.7. The highest BCUT2D eigenvalue weighted by atomic mass is 16.6. The molecule has 0 atom stereocenters. The first kappa shape index (κ1) is 23.6. The lowest BCUT2D eigenvalue weighted by molar-refractivity contribution is -0.155. The van der Waals surface area contributed by atoms with Gasteiger partial charge in [0.05, 0.1) is 12.8 Å². The van der Waals surface area contributed by atoms with Crippen molar-refractivity contribution >= 4 is 23.8 Å². The fourth-order valence-electron chi connectivity index (χ4n) is 1.82. The van der Waals surface area contributed by atoms with Crippen LogP contribution in [0, 0.1) is 0 Å². The second-order valence-corrected chi connectivity index (χ2v) is 7.67. The van der Waals surface area contributed by atoms with Crippen LogP contribution in [0.3, 0.4) is 0 Å². The number of carboxylic acid groups (broad SMARTS) is 1. The van der Waals surface area contributed by atoms with Crippen LogP contribution in [0.5, 0.6) is 0 Å². The molecular weight excluding hydrogens is 342 g/mol. The maximum atomic E-state index is 12.1. The van der Waals surface area contributed by atoms with Crippen molar-refractivity contribution in [2.24, 2.45) is 0 Å². The van der Waals surface area contributed by atoms with E-state index in [1.54, 1.807) is 41.5 Å². The van der Waals surface area contributed by atoms with Gasteiger partial charge in [-0.3, -0.25) is 14.4 Å². The zero-order valence-electron chi connectivity index (χ0n) is 16.3. The van der Waals surface area contributed by atoms with Crippen LogP contribution in [-0.2, 0) is 28.7 Å². The molecule has 0 saturated carbocycles. The predicted octanol–water partition coefficient (Wildman–Crippen LogP) is 1.92. The van der Waals surface area contributed by atoms with Gasteiger partial charge in [0.25, 0.3) is 0 Å². The Morgan fingerprint density at radius 3 is 1.50 bits per heavy atom. The summed E-state index contributed by atoms with van der Waals surface area (Å²) in [4.78, 5) is 47.5. The zero-order chi connectivity index (χ0) is 20.5. The zero-order valence-corrected chi connectivity index (χ0v) is 16.3. The summed E-state index contributed by atoms with van der Waals surface area (Å²) in [5, 5.41) is 8.63. The van der Waals surface area contributed by atoms with Gasteiger partial charge in [-0.05, 0) is 41.5 Å². The number of carbonyl (C=O) groups excluding carboxylic acids is 3. The lowest BCUT2D eigenvalue weighted by atomic mass is 10.2. The average molecular weight is 371 g/mol. The number of hydrogen-bond donors (Lipinski definition) is 1. The molecule has 0 spiro atoms. The number of ether oxygens (including phenoxy) is 2. The van der Waals surface area contributed by atoms with Gasteiger partial charge in [-0.15, -0.1) is 0 Å². The summed E-state index contributed by atoms with van der Waals surface area (Å²) in [6, 6.07) is 0. The van der Waals surface area contributed by atoms with Crippen molar-refractivity contribution in [1.82, 2.24) is 4.90 Å². The molecule has 0 aliphatic heterocycles. The van der Waals surface area contributed by atoms with Crippen LogP contribution in [0.15, 0.2) is 12.2 Å². The molecule has 8 heteroatoms. The Labute approximate surface area is 154 Å². The summed E-state index contributed by atoms with van der Waals surface area (Å²) in [5.74, 6) is -2.86. The third-order valence-electron chi connectivity index (χ3n) is 2.69. The standard InChI is InChI=1S/C18H29NO7/c1-17(2,3)25-15(23)9-11-19(13(20)7-8-14(21)22)12-10-16(24)26-18(4,5)6/h7-8H,9-12H2,1-6H3,(H,21,22)/b8-7+. The largest absolute Gasteiger partial charge is 0.478 e. The van der Waals surface area contributed by atoms with E-state index < -0.39 is 35.0 Å². The number of aliphatic carboxylic acids is 1. The van der Waals surface area contributed by atoms with Gasteiger partial charge in [-0.1, -0.05) is 0 Å². The van der Waals surface area contributed by atoms with E-state index in [4.69, 9.17) is 14.6 Å². The molecule has 0 rings (SSSR count). The molecule has 0 aromatic heterocycles. The molecule has 0 aromatic rings. The SMILES string of the molecule is CC(C)(C)OC(=O)CCN(CCC(=O)OC(C)(C)C)C(=O)/C=C/C(=O)O. The fraction of sp³-hybridized carbons (Fsp3) is 0.667. The van der Waals surface area contributed by atoms with E-state index in [2.05, 4.69) is 0 Å². The summed E-state index contributed by atoms with van der Waals surface area (Å²) in [5.41, 5.74) is -1.29. The molecule has 0 aromatic carbocycles. The first-order valence-electron chi connectivity index (χ1n) is 8.33. The van der Waals surface area contributed by atoms with Crippen LogP contribution in [0.2, 0.25) is 0 Å². The summed E-state index contributed by atoms with van der Waals surface area (Å²) >= 11 is 0. The number of carbonyl (C=O) groups is 4. The summed E-state index contributed by atoms with van der Waals surface area (Å²) in [6.45, 7) is 10.4. The fourth-order valence-corrected chi connectivity index (χ4v) is 1.82. The Hall–Kier alpha value is -2.38. The molecule has 1 amide bonds. The van der Waals surface area contributed by atoms with Crippen LogP contribution >= 0.6 is 0 Å². The van der Waals surface area contributed by atoms with Crippen molar-refractivity contribution in [2.75, 3.05) is 13.1 Å². The van der Waals surface area contributed by atoms with E-state index in [0.717, 1.165) is 6.08 Å². The second kappa shape index (κ2) is 9.94. The molecule has 0 bridgehead atoms. The number of rotatable bonds is 8. The van der Waals surface area contributed by atoms with Gasteiger partial charge in [-0.25, -0.2) is 4.79 Å². The number of hydrogen-bond acceptors (Lipinski definition) is 6. The monoisotopic (exact) mass is 371 g/mol. The minimum Gasteiger partial charge on any atom is -0.478 e. The van der Waals surface area contributed by atoms with Crippen LogP contribution in [0.25, 0.3) is 0 Å². The molecular formula is C18H29NO7. The third-order valence-corrected chi connectivity index (χ3v) is 2.69. The van der Waals surface area contributed by atoms with Gasteiger partial charge in [-0.2, -0.15) is 0 Å². The summed E-state index contributed by atoms with van der Waals surface area (Å²) in [7, 11) is 0. The molecule has 0 aliphatic carbocycles.